The highest BCUT2D eigenvalue weighted by atomic mass is 31.2. The standard InChI is InChI=1S/C32H72N4P/c1-25(2,3)21-29(13,14)33-37(34-30(15,16)22-26(4,5)6,35-31(17,18)23-27(7,8)9)36-32(19,20)24-28(10,11)12/h33-36H,21-24H2,1-20H3/q+1. The van der Waals surface area contributed by atoms with Crippen LogP contribution >= 0.6 is 7.87 Å². The van der Waals surface area contributed by atoms with E-state index in [0.29, 0.717) is 0 Å². The summed E-state index contributed by atoms with van der Waals surface area (Å²) >= 11 is 0. The smallest absolute Gasteiger partial charge is 0.141 e. The van der Waals surface area contributed by atoms with Crippen molar-refractivity contribution in [2.45, 2.75) is 186 Å². The topological polar surface area (TPSA) is 48.1 Å². The van der Waals surface area contributed by atoms with E-state index in [4.69, 9.17) is 0 Å². The summed E-state index contributed by atoms with van der Waals surface area (Å²) < 4.78 is 0. The Morgan fingerprint density at radius 1 is 0.297 bits per heavy atom. The van der Waals surface area contributed by atoms with Crippen LogP contribution in [-0.4, -0.2) is 22.2 Å². The van der Waals surface area contributed by atoms with Crippen LogP contribution in [0.15, 0.2) is 0 Å². The van der Waals surface area contributed by atoms with Gasteiger partial charge in [-0.25, -0.2) is 0 Å². The van der Waals surface area contributed by atoms with Crippen LogP contribution in [0.25, 0.3) is 0 Å². The first-order valence-corrected chi connectivity index (χ1v) is 16.5. The fraction of sp³-hybridized carbons (Fsp3) is 1.00. The molecule has 0 heterocycles. The molecule has 0 saturated carbocycles. The van der Waals surface area contributed by atoms with E-state index in [0.717, 1.165) is 25.7 Å². The lowest BCUT2D eigenvalue weighted by atomic mass is 9.82. The van der Waals surface area contributed by atoms with Crippen molar-refractivity contribution in [2.24, 2.45) is 21.7 Å². The Kier molecular flexibility index (Phi) is 11.7. The van der Waals surface area contributed by atoms with Crippen molar-refractivity contribution >= 4 is 7.87 Å². The molecule has 0 aromatic rings. The Labute approximate surface area is 236 Å². The van der Waals surface area contributed by atoms with Gasteiger partial charge in [0, 0.05) is 0 Å². The zero-order valence-corrected chi connectivity index (χ0v) is 30.2. The maximum absolute atomic E-state index is 4.27. The highest BCUT2D eigenvalue weighted by Crippen LogP contribution is 2.53. The molecule has 0 atom stereocenters. The Bertz CT molecular complexity index is 582. The predicted molar refractivity (Wildman–Crippen MR) is 172 cm³/mol. The number of rotatable bonds is 12. The Morgan fingerprint density at radius 2 is 0.432 bits per heavy atom. The number of hydrogen-bond donors (Lipinski definition) is 4. The quantitative estimate of drug-likeness (QED) is 0.185. The van der Waals surface area contributed by atoms with Gasteiger partial charge in [0.1, 0.15) is 0 Å². The molecule has 0 aliphatic rings. The van der Waals surface area contributed by atoms with Gasteiger partial charge >= 0.3 is 0 Å². The van der Waals surface area contributed by atoms with Gasteiger partial charge in [0.05, 0.1) is 22.2 Å². The van der Waals surface area contributed by atoms with Crippen LogP contribution < -0.4 is 20.3 Å². The normalized spacial score (nSPS) is 15.9. The molecule has 0 radical (unpaired) electrons. The molecule has 4 nitrogen and oxygen atoms in total. The highest BCUT2D eigenvalue weighted by molar-refractivity contribution is 7.68. The lowest BCUT2D eigenvalue weighted by molar-refractivity contribution is 0.234. The van der Waals surface area contributed by atoms with Gasteiger partial charge in [0.25, 0.3) is 7.87 Å². The van der Waals surface area contributed by atoms with Gasteiger partial charge in [-0.05, 0) is 103 Å². The van der Waals surface area contributed by atoms with Crippen LogP contribution in [0, 0.1) is 21.7 Å². The number of hydrogen-bond acceptors (Lipinski definition) is 4. The molecule has 0 aromatic carbocycles. The van der Waals surface area contributed by atoms with E-state index in [1.165, 1.54) is 0 Å². The van der Waals surface area contributed by atoms with Gasteiger partial charge in [-0.3, -0.25) is 0 Å². The monoisotopic (exact) mass is 544 g/mol. The third-order valence-corrected chi connectivity index (χ3v) is 9.53. The van der Waals surface area contributed by atoms with Crippen LogP contribution in [0.1, 0.15) is 164 Å². The molecule has 0 aliphatic heterocycles. The number of nitrogens with one attached hydrogen (secondary N) is 4. The molecule has 224 valence electrons. The summed E-state index contributed by atoms with van der Waals surface area (Å²) in [5, 5.41) is 17.1. The molecule has 0 aliphatic carbocycles. The van der Waals surface area contributed by atoms with Crippen LogP contribution in [0.4, 0.5) is 0 Å². The second-order valence-corrected chi connectivity index (χ2v) is 21.8. The Balaban J connectivity index is 6.96. The summed E-state index contributed by atoms with van der Waals surface area (Å²) in [5.41, 5.74) is 0.561. The molecule has 5 heteroatoms. The molecule has 4 N–H and O–H groups in total. The summed E-state index contributed by atoms with van der Waals surface area (Å²) in [6, 6.07) is 0. The third-order valence-electron chi connectivity index (χ3n) is 5.77. The van der Waals surface area contributed by atoms with E-state index in [-0.39, 0.29) is 43.8 Å². The molecular formula is C32H72N4P+. The van der Waals surface area contributed by atoms with Crippen molar-refractivity contribution in [1.82, 2.24) is 20.3 Å². The van der Waals surface area contributed by atoms with Crippen molar-refractivity contribution in [3.63, 3.8) is 0 Å². The van der Waals surface area contributed by atoms with E-state index in [1.807, 2.05) is 0 Å². The van der Waals surface area contributed by atoms with Crippen molar-refractivity contribution in [3.8, 4) is 0 Å². The van der Waals surface area contributed by atoms with Crippen LogP contribution in [0.5, 0.6) is 0 Å². The minimum Gasteiger partial charge on any atom is -0.141 e. The minimum atomic E-state index is -2.33. The molecule has 0 aromatic heterocycles. The first kappa shape index (κ1) is 37.3. The van der Waals surface area contributed by atoms with E-state index in [9.17, 15) is 0 Å². The molecule has 0 spiro atoms. The molecule has 0 unspecified atom stereocenters. The van der Waals surface area contributed by atoms with E-state index >= 15 is 0 Å². The van der Waals surface area contributed by atoms with Crippen LogP contribution in [0.2, 0.25) is 0 Å². The largest absolute Gasteiger partial charge is 0.300 e. The van der Waals surface area contributed by atoms with E-state index < -0.39 is 7.87 Å². The van der Waals surface area contributed by atoms with Gasteiger partial charge in [0.15, 0.2) is 0 Å². The van der Waals surface area contributed by atoms with Crippen LogP contribution in [0.3, 0.4) is 0 Å². The average Bonchev–Trinajstić information content (AvgIpc) is 2.29. The summed E-state index contributed by atoms with van der Waals surface area (Å²) in [6.45, 7) is 47.2. The molecule has 0 fully saturated rings. The Hall–Kier alpha value is 0.270. The van der Waals surface area contributed by atoms with Crippen molar-refractivity contribution in [3.05, 3.63) is 0 Å². The molecular weight excluding hydrogens is 471 g/mol. The maximum Gasteiger partial charge on any atom is 0.300 e. The van der Waals surface area contributed by atoms with Gasteiger partial charge in [0.2, 0.25) is 0 Å². The molecule has 0 bridgehead atoms. The highest BCUT2D eigenvalue weighted by Gasteiger charge is 2.54. The van der Waals surface area contributed by atoms with Gasteiger partial charge in [-0.15, -0.1) is 20.3 Å². The van der Waals surface area contributed by atoms with E-state index in [1.54, 1.807) is 0 Å². The summed E-state index contributed by atoms with van der Waals surface area (Å²) in [4.78, 5) is 0. The van der Waals surface area contributed by atoms with Crippen molar-refractivity contribution in [2.75, 3.05) is 0 Å². The molecule has 0 saturated heterocycles. The van der Waals surface area contributed by atoms with E-state index in [2.05, 4.69) is 159 Å². The minimum absolute atomic E-state index is 0.0769. The van der Waals surface area contributed by atoms with Crippen molar-refractivity contribution < 1.29 is 0 Å². The van der Waals surface area contributed by atoms with Gasteiger partial charge in [-0.1, -0.05) is 83.1 Å². The molecule has 37 heavy (non-hydrogen) atoms. The lowest BCUT2D eigenvalue weighted by Gasteiger charge is -2.48. The summed E-state index contributed by atoms with van der Waals surface area (Å²) in [6.07, 6.45) is 4.30. The summed E-state index contributed by atoms with van der Waals surface area (Å²) in [5.74, 6) is 0. The maximum atomic E-state index is 4.27. The fourth-order valence-electron chi connectivity index (χ4n) is 7.45. The molecule has 0 amide bonds. The van der Waals surface area contributed by atoms with Gasteiger partial charge < -0.3 is 0 Å². The third kappa shape index (κ3) is 18.3. The average molecular weight is 544 g/mol. The molecule has 0 rings (SSSR count). The zero-order chi connectivity index (χ0) is 30.2. The lowest BCUT2D eigenvalue weighted by Crippen LogP contribution is -2.64. The second-order valence-electron chi connectivity index (χ2n) is 19.6. The first-order valence-electron chi connectivity index (χ1n) is 14.7. The zero-order valence-electron chi connectivity index (χ0n) is 29.3. The van der Waals surface area contributed by atoms with Crippen LogP contribution in [-0.2, 0) is 0 Å². The second kappa shape index (κ2) is 11.6. The summed E-state index contributed by atoms with van der Waals surface area (Å²) in [7, 11) is -2.33. The SMILES string of the molecule is CC(C)(C)CC(C)(C)N[P+](NC(C)(C)CC(C)(C)C)(NC(C)(C)CC(C)(C)C)NC(C)(C)CC(C)(C)C. The first-order chi connectivity index (χ1) is 15.7. The predicted octanol–water partition coefficient (Wildman–Crippen LogP) is 9.88. The van der Waals surface area contributed by atoms with Gasteiger partial charge in [-0.2, -0.15) is 0 Å². The van der Waals surface area contributed by atoms with Crippen molar-refractivity contribution in [1.29, 1.82) is 0 Å². The Morgan fingerprint density at radius 3 is 0.541 bits per heavy atom. The fourth-order valence-corrected chi connectivity index (χ4v) is 11.7.